The van der Waals surface area contributed by atoms with E-state index in [1.807, 2.05) is 6.07 Å². The van der Waals surface area contributed by atoms with Crippen molar-refractivity contribution in [3.63, 3.8) is 0 Å². The second-order valence-electron chi connectivity index (χ2n) is 6.97. The highest BCUT2D eigenvalue weighted by Crippen LogP contribution is 2.33. The Kier molecular flexibility index (Phi) is 4.19. The van der Waals surface area contributed by atoms with Crippen LogP contribution in [0.25, 0.3) is 0 Å². The van der Waals surface area contributed by atoms with Gasteiger partial charge in [-0.05, 0) is 41.3 Å². The van der Waals surface area contributed by atoms with Crippen molar-refractivity contribution in [2.24, 2.45) is 0 Å². The molecule has 0 N–H and O–H groups in total. The molecule has 0 aromatic carbocycles. The Balaban J connectivity index is 1.85. The summed E-state index contributed by atoms with van der Waals surface area (Å²) in [5.74, 6) is 0. The van der Waals surface area contributed by atoms with Gasteiger partial charge >= 0.3 is 0 Å². The Morgan fingerprint density at radius 3 is 2.82 bits per heavy atom. The van der Waals surface area contributed by atoms with Crippen LogP contribution in [0.2, 0.25) is 0 Å². The third kappa shape index (κ3) is 3.15. The number of nitrogens with zero attached hydrogens (tertiary/aromatic N) is 3. The molecule has 0 radical (unpaired) electrons. The van der Waals surface area contributed by atoms with Gasteiger partial charge in [0, 0.05) is 24.1 Å². The van der Waals surface area contributed by atoms with Crippen LogP contribution in [-0.4, -0.2) is 21.2 Å². The number of hydrogen-bond acceptors (Lipinski definition) is 4. The molecule has 3 rings (SSSR count). The summed E-state index contributed by atoms with van der Waals surface area (Å²) in [7, 11) is 0. The van der Waals surface area contributed by atoms with Crippen LogP contribution in [-0.2, 0) is 12.1 Å². The van der Waals surface area contributed by atoms with Gasteiger partial charge in [-0.1, -0.05) is 20.8 Å². The van der Waals surface area contributed by atoms with E-state index in [-0.39, 0.29) is 11.0 Å². The first kappa shape index (κ1) is 15.4. The molecule has 0 unspecified atom stereocenters. The lowest BCUT2D eigenvalue weighted by Gasteiger charge is -2.25. The zero-order chi connectivity index (χ0) is 15.7. The van der Waals surface area contributed by atoms with Gasteiger partial charge < -0.3 is 0 Å². The molecule has 0 spiro atoms. The van der Waals surface area contributed by atoms with Gasteiger partial charge in [0.1, 0.15) is 0 Å². The van der Waals surface area contributed by atoms with Gasteiger partial charge in [-0.3, -0.25) is 9.69 Å². The minimum Gasteiger partial charge on any atom is -0.277 e. The lowest BCUT2D eigenvalue weighted by Crippen LogP contribution is -2.34. The van der Waals surface area contributed by atoms with Gasteiger partial charge in [0.15, 0.2) is 0 Å². The maximum atomic E-state index is 12.2. The molecule has 0 bridgehead atoms. The topological polar surface area (TPSA) is 38.1 Å². The summed E-state index contributed by atoms with van der Waals surface area (Å²) in [4.78, 5) is 14.5. The third-order valence-corrected chi connectivity index (χ3v) is 4.94. The molecule has 2 aromatic rings. The van der Waals surface area contributed by atoms with Crippen molar-refractivity contribution in [2.75, 3.05) is 6.54 Å². The van der Waals surface area contributed by atoms with E-state index in [4.69, 9.17) is 0 Å². The van der Waals surface area contributed by atoms with Crippen LogP contribution in [0.15, 0.2) is 33.8 Å². The van der Waals surface area contributed by atoms with Crippen LogP contribution in [0, 0.1) is 0 Å². The first-order valence-electron chi connectivity index (χ1n) is 7.80. The summed E-state index contributed by atoms with van der Waals surface area (Å²) in [6.45, 7) is 7.95. The summed E-state index contributed by atoms with van der Waals surface area (Å²) in [5, 5.41) is 8.92. The van der Waals surface area contributed by atoms with Crippen LogP contribution in [0.5, 0.6) is 0 Å². The summed E-state index contributed by atoms with van der Waals surface area (Å²) < 4.78 is 1.62. The van der Waals surface area contributed by atoms with E-state index in [1.54, 1.807) is 22.1 Å². The zero-order valence-electron chi connectivity index (χ0n) is 13.5. The van der Waals surface area contributed by atoms with Crippen molar-refractivity contribution >= 4 is 11.3 Å². The fourth-order valence-electron chi connectivity index (χ4n) is 2.96. The molecule has 1 fully saturated rings. The minimum absolute atomic E-state index is 0.0241. The Morgan fingerprint density at radius 1 is 1.32 bits per heavy atom. The Hall–Kier alpha value is -1.46. The Bertz CT molecular complexity index is 685. The average molecular weight is 317 g/mol. The molecule has 1 aliphatic heterocycles. The second kappa shape index (κ2) is 5.97. The third-order valence-electron chi connectivity index (χ3n) is 4.24. The summed E-state index contributed by atoms with van der Waals surface area (Å²) in [6, 6.07) is 6.09. The van der Waals surface area contributed by atoms with E-state index >= 15 is 0 Å². The highest BCUT2D eigenvalue weighted by Gasteiger charge is 2.27. The maximum Gasteiger partial charge on any atom is 0.267 e. The molecule has 1 saturated heterocycles. The van der Waals surface area contributed by atoms with Gasteiger partial charge in [0.2, 0.25) is 0 Å². The monoisotopic (exact) mass is 317 g/mol. The van der Waals surface area contributed by atoms with E-state index in [0.717, 1.165) is 18.7 Å². The van der Waals surface area contributed by atoms with Gasteiger partial charge in [-0.2, -0.15) is 16.4 Å². The van der Waals surface area contributed by atoms with Gasteiger partial charge in [0.25, 0.3) is 5.56 Å². The zero-order valence-corrected chi connectivity index (χ0v) is 14.3. The van der Waals surface area contributed by atoms with E-state index < -0.39 is 0 Å². The molecule has 2 aromatic heterocycles. The van der Waals surface area contributed by atoms with E-state index in [1.165, 1.54) is 12.0 Å². The fraction of sp³-hybridized carbons (Fsp3) is 0.529. The maximum absolute atomic E-state index is 12.2. The van der Waals surface area contributed by atoms with Crippen molar-refractivity contribution in [3.05, 3.63) is 50.6 Å². The molecule has 3 heterocycles. The number of thiophene rings is 1. The summed E-state index contributed by atoms with van der Waals surface area (Å²) in [5.41, 5.74) is 2.25. The average Bonchev–Trinajstić information content (AvgIpc) is 3.10. The molecule has 1 atom stereocenters. The molecule has 0 amide bonds. The van der Waals surface area contributed by atoms with Crippen LogP contribution in [0.3, 0.4) is 0 Å². The predicted octanol–water partition coefficient (Wildman–Crippen LogP) is 3.40. The van der Waals surface area contributed by atoms with Crippen molar-refractivity contribution in [2.45, 2.75) is 51.7 Å². The highest BCUT2D eigenvalue weighted by atomic mass is 32.1. The SMILES string of the molecule is CC(C)(C)c1ccc(=O)n(CN2CCC[C@@H]2c2ccsc2)n1. The van der Waals surface area contributed by atoms with E-state index in [2.05, 4.69) is 47.6 Å². The van der Waals surface area contributed by atoms with Crippen molar-refractivity contribution in [1.29, 1.82) is 0 Å². The molecule has 1 aliphatic rings. The lowest BCUT2D eigenvalue weighted by atomic mass is 9.92. The first-order valence-corrected chi connectivity index (χ1v) is 8.74. The fourth-order valence-corrected chi connectivity index (χ4v) is 3.67. The smallest absolute Gasteiger partial charge is 0.267 e. The highest BCUT2D eigenvalue weighted by molar-refractivity contribution is 7.07. The molecule has 0 saturated carbocycles. The molecular weight excluding hydrogens is 294 g/mol. The normalized spacial score (nSPS) is 19.7. The van der Waals surface area contributed by atoms with Crippen molar-refractivity contribution < 1.29 is 0 Å². The number of likely N-dealkylation sites (tertiary alicyclic amines) is 1. The van der Waals surface area contributed by atoms with E-state index in [9.17, 15) is 4.79 Å². The number of aromatic nitrogens is 2. The molecular formula is C17H23N3OS. The molecule has 4 nitrogen and oxygen atoms in total. The predicted molar refractivity (Wildman–Crippen MR) is 90.2 cm³/mol. The first-order chi connectivity index (χ1) is 10.4. The Labute approximate surface area is 135 Å². The Morgan fingerprint density at radius 2 is 2.14 bits per heavy atom. The van der Waals surface area contributed by atoms with Crippen LogP contribution < -0.4 is 5.56 Å². The van der Waals surface area contributed by atoms with Gasteiger partial charge in [0.05, 0.1) is 12.4 Å². The van der Waals surface area contributed by atoms with E-state index in [0.29, 0.717) is 12.7 Å². The standard InChI is InChI=1S/C17H23N3OS/c1-17(2,3)15-6-7-16(21)20(18-15)12-19-9-4-5-14(19)13-8-10-22-11-13/h6-8,10-11,14H,4-5,9,12H2,1-3H3/t14-/m1/s1. The largest absolute Gasteiger partial charge is 0.277 e. The number of hydrogen-bond donors (Lipinski definition) is 0. The molecule has 22 heavy (non-hydrogen) atoms. The molecule has 0 aliphatic carbocycles. The van der Waals surface area contributed by atoms with Crippen LogP contribution in [0.4, 0.5) is 0 Å². The van der Waals surface area contributed by atoms with Crippen molar-refractivity contribution in [3.8, 4) is 0 Å². The lowest BCUT2D eigenvalue weighted by molar-refractivity contribution is 0.185. The quantitative estimate of drug-likeness (QED) is 0.871. The summed E-state index contributed by atoms with van der Waals surface area (Å²) in [6.07, 6.45) is 2.33. The second-order valence-corrected chi connectivity index (χ2v) is 7.75. The van der Waals surface area contributed by atoms with Crippen LogP contribution >= 0.6 is 11.3 Å². The number of rotatable bonds is 3. The minimum atomic E-state index is -0.0484. The van der Waals surface area contributed by atoms with Crippen LogP contribution in [0.1, 0.15) is 50.9 Å². The van der Waals surface area contributed by atoms with Gasteiger partial charge in [-0.25, -0.2) is 4.68 Å². The molecule has 5 heteroatoms. The molecule has 118 valence electrons. The van der Waals surface area contributed by atoms with Crippen molar-refractivity contribution in [1.82, 2.24) is 14.7 Å². The summed E-state index contributed by atoms with van der Waals surface area (Å²) >= 11 is 1.73. The van der Waals surface area contributed by atoms with Gasteiger partial charge in [-0.15, -0.1) is 0 Å².